The molecule has 2 aromatic carbocycles. The van der Waals surface area contributed by atoms with Gasteiger partial charge in [0.05, 0.1) is 18.2 Å². The summed E-state index contributed by atoms with van der Waals surface area (Å²) in [6.45, 7) is 7.86. The number of likely N-dealkylation sites (tertiary alicyclic amines) is 2. The molecule has 0 bridgehead atoms. The summed E-state index contributed by atoms with van der Waals surface area (Å²) in [6.07, 6.45) is 3.67. The van der Waals surface area contributed by atoms with Crippen LogP contribution in [0.15, 0.2) is 48.5 Å². The molecular weight excluding hydrogens is 464 g/mol. The maximum atomic E-state index is 13.3. The predicted molar refractivity (Wildman–Crippen MR) is 146 cm³/mol. The number of ether oxygens (including phenoxy) is 1. The Kier molecular flexibility index (Phi) is 7.63. The summed E-state index contributed by atoms with van der Waals surface area (Å²) in [7, 11) is 1.45. The van der Waals surface area contributed by atoms with Gasteiger partial charge in [-0.15, -0.1) is 0 Å². The lowest BCUT2D eigenvalue weighted by Gasteiger charge is -2.38. The van der Waals surface area contributed by atoms with Crippen LogP contribution in [0, 0.1) is 13.8 Å². The number of para-hydroxylation sites is 1. The van der Waals surface area contributed by atoms with E-state index in [0.717, 1.165) is 61.1 Å². The van der Waals surface area contributed by atoms with Crippen molar-refractivity contribution in [1.82, 2.24) is 20.1 Å². The molecule has 0 saturated carbocycles. The third-order valence-corrected chi connectivity index (χ3v) is 8.32. The van der Waals surface area contributed by atoms with Gasteiger partial charge in [0.2, 0.25) is 0 Å². The van der Waals surface area contributed by atoms with Gasteiger partial charge in [-0.25, -0.2) is 0 Å². The number of fused-ring (bicyclic) bond motifs is 1. The number of esters is 1. The van der Waals surface area contributed by atoms with E-state index >= 15 is 0 Å². The maximum Gasteiger partial charge on any atom is 0.323 e. The average Bonchev–Trinajstić information content (AvgIpc) is 3.48. The summed E-state index contributed by atoms with van der Waals surface area (Å²) >= 11 is 0. The van der Waals surface area contributed by atoms with E-state index in [2.05, 4.69) is 57.4 Å². The second-order valence-corrected chi connectivity index (χ2v) is 10.6. The van der Waals surface area contributed by atoms with Crippen LogP contribution in [0.25, 0.3) is 10.9 Å². The number of benzene rings is 2. The lowest BCUT2D eigenvalue weighted by molar-refractivity contribution is -0.147. The largest absolute Gasteiger partial charge is 0.468 e. The molecule has 3 aromatic rings. The molecule has 2 fully saturated rings. The Balaban J connectivity index is 1.22. The summed E-state index contributed by atoms with van der Waals surface area (Å²) in [4.78, 5) is 34.2. The molecule has 0 spiro atoms. The second-order valence-electron chi connectivity index (χ2n) is 10.6. The minimum Gasteiger partial charge on any atom is -0.468 e. The van der Waals surface area contributed by atoms with Gasteiger partial charge in [0.15, 0.2) is 0 Å². The van der Waals surface area contributed by atoms with Crippen molar-refractivity contribution in [2.75, 3.05) is 33.3 Å². The Bertz CT molecular complexity index is 1250. The van der Waals surface area contributed by atoms with Crippen LogP contribution in [0.4, 0.5) is 0 Å². The van der Waals surface area contributed by atoms with E-state index in [1.165, 1.54) is 12.7 Å². The first-order chi connectivity index (χ1) is 17.9. The van der Waals surface area contributed by atoms with Crippen LogP contribution < -0.4 is 5.32 Å². The number of hydrogen-bond donors (Lipinski definition) is 2. The average molecular weight is 503 g/mol. The van der Waals surface area contributed by atoms with Gasteiger partial charge < -0.3 is 19.9 Å². The van der Waals surface area contributed by atoms with Crippen molar-refractivity contribution < 1.29 is 14.3 Å². The van der Waals surface area contributed by atoms with E-state index in [4.69, 9.17) is 4.74 Å². The van der Waals surface area contributed by atoms with Gasteiger partial charge in [-0.3, -0.25) is 14.5 Å². The zero-order chi connectivity index (χ0) is 25.9. The number of aromatic nitrogens is 1. The molecule has 2 aliphatic heterocycles. The highest BCUT2D eigenvalue weighted by atomic mass is 16.5. The van der Waals surface area contributed by atoms with Crippen LogP contribution in [0.3, 0.4) is 0 Å². The Labute approximate surface area is 219 Å². The first-order valence-corrected chi connectivity index (χ1v) is 13.4. The van der Waals surface area contributed by atoms with E-state index in [1.807, 2.05) is 25.1 Å². The topological polar surface area (TPSA) is 77.7 Å². The van der Waals surface area contributed by atoms with E-state index in [-0.39, 0.29) is 24.0 Å². The summed E-state index contributed by atoms with van der Waals surface area (Å²) in [5, 5.41) is 4.30. The quantitative estimate of drug-likeness (QED) is 0.480. The SMILES string of the molecule is COC(=O)[C@@H]1C[C@H](NC(=O)c2cccc3c(C)c(C)[nH]c23)CN1C1CCN(CCc2ccccc2)CC1. The maximum absolute atomic E-state index is 13.3. The lowest BCUT2D eigenvalue weighted by Crippen LogP contribution is -2.49. The fourth-order valence-corrected chi connectivity index (χ4v) is 6.08. The molecule has 2 saturated heterocycles. The number of carbonyl (C=O) groups excluding carboxylic acids is 2. The molecule has 2 atom stereocenters. The summed E-state index contributed by atoms with van der Waals surface area (Å²) < 4.78 is 5.17. The highest BCUT2D eigenvalue weighted by Gasteiger charge is 2.42. The fourth-order valence-electron chi connectivity index (χ4n) is 6.08. The number of methoxy groups -OCH3 is 1. The first kappa shape index (κ1) is 25.5. The van der Waals surface area contributed by atoms with E-state index in [9.17, 15) is 9.59 Å². The molecule has 0 radical (unpaired) electrons. The number of aryl methyl sites for hydroxylation is 2. The van der Waals surface area contributed by atoms with Crippen molar-refractivity contribution in [1.29, 1.82) is 0 Å². The third-order valence-electron chi connectivity index (χ3n) is 8.32. The van der Waals surface area contributed by atoms with Crippen LogP contribution in [0.1, 0.15) is 46.4 Å². The van der Waals surface area contributed by atoms with Gasteiger partial charge in [0, 0.05) is 36.3 Å². The predicted octanol–water partition coefficient (Wildman–Crippen LogP) is 3.84. The number of aromatic amines is 1. The van der Waals surface area contributed by atoms with Gasteiger partial charge in [-0.2, -0.15) is 0 Å². The van der Waals surface area contributed by atoms with Crippen molar-refractivity contribution in [3.05, 3.63) is 70.9 Å². The monoisotopic (exact) mass is 502 g/mol. The molecular formula is C30H38N4O3. The van der Waals surface area contributed by atoms with Crippen LogP contribution in [-0.4, -0.2) is 78.1 Å². The molecule has 5 rings (SSSR count). The van der Waals surface area contributed by atoms with Crippen molar-refractivity contribution in [3.8, 4) is 0 Å². The van der Waals surface area contributed by atoms with Crippen LogP contribution in [-0.2, 0) is 16.0 Å². The molecule has 37 heavy (non-hydrogen) atoms. The molecule has 7 nitrogen and oxygen atoms in total. The number of hydrogen-bond acceptors (Lipinski definition) is 5. The molecule has 196 valence electrons. The Hall–Kier alpha value is -3.16. The summed E-state index contributed by atoms with van der Waals surface area (Å²) in [5.41, 5.74) is 5.13. The number of nitrogens with zero attached hydrogens (tertiary/aromatic N) is 2. The number of amides is 1. The standard InChI is InChI=1S/C30H38N4O3/c1-20-21(2)31-28-25(20)10-7-11-26(28)29(35)32-23-18-27(30(36)37-3)34(19-23)24-13-16-33(17-14-24)15-12-22-8-5-4-6-9-22/h4-11,23-24,27,31H,12-19H2,1-3H3,(H,32,35)/t23-,27-/m0/s1. The fraction of sp³-hybridized carbons (Fsp3) is 0.467. The van der Waals surface area contributed by atoms with Crippen LogP contribution in [0.5, 0.6) is 0 Å². The molecule has 1 aromatic heterocycles. The number of H-pyrrole nitrogens is 1. The van der Waals surface area contributed by atoms with E-state index < -0.39 is 0 Å². The Morgan fingerprint density at radius 3 is 2.54 bits per heavy atom. The van der Waals surface area contributed by atoms with Crippen LogP contribution in [0.2, 0.25) is 0 Å². The Morgan fingerprint density at radius 1 is 1.05 bits per heavy atom. The zero-order valence-electron chi connectivity index (χ0n) is 22.1. The molecule has 0 unspecified atom stereocenters. The number of nitrogens with one attached hydrogen (secondary N) is 2. The minimum absolute atomic E-state index is 0.0971. The van der Waals surface area contributed by atoms with Gasteiger partial charge >= 0.3 is 5.97 Å². The Morgan fingerprint density at radius 2 is 1.81 bits per heavy atom. The minimum atomic E-state index is -0.318. The number of carbonyl (C=O) groups is 2. The van der Waals surface area contributed by atoms with Gasteiger partial charge in [-0.1, -0.05) is 42.5 Å². The van der Waals surface area contributed by atoms with E-state index in [0.29, 0.717) is 24.6 Å². The molecule has 7 heteroatoms. The highest BCUT2D eigenvalue weighted by Crippen LogP contribution is 2.29. The van der Waals surface area contributed by atoms with Gasteiger partial charge in [0.25, 0.3) is 5.91 Å². The normalized spacial score (nSPS) is 21.4. The van der Waals surface area contributed by atoms with Crippen molar-refractivity contribution >= 4 is 22.8 Å². The third kappa shape index (κ3) is 5.43. The zero-order valence-corrected chi connectivity index (χ0v) is 22.1. The smallest absolute Gasteiger partial charge is 0.323 e. The van der Waals surface area contributed by atoms with E-state index in [1.54, 1.807) is 0 Å². The first-order valence-electron chi connectivity index (χ1n) is 13.4. The second kappa shape index (κ2) is 11.1. The molecule has 0 aliphatic carbocycles. The lowest BCUT2D eigenvalue weighted by atomic mass is 10.0. The molecule has 2 aliphatic rings. The van der Waals surface area contributed by atoms with Crippen molar-refractivity contribution in [2.45, 2.75) is 57.7 Å². The van der Waals surface area contributed by atoms with Crippen molar-refractivity contribution in [2.24, 2.45) is 0 Å². The summed E-state index contributed by atoms with van der Waals surface area (Å²) in [5.74, 6) is -0.306. The molecule has 1 amide bonds. The summed E-state index contributed by atoms with van der Waals surface area (Å²) in [6, 6.07) is 16.4. The highest BCUT2D eigenvalue weighted by molar-refractivity contribution is 6.06. The van der Waals surface area contributed by atoms with Crippen molar-refractivity contribution in [3.63, 3.8) is 0 Å². The van der Waals surface area contributed by atoms with Crippen LogP contribution >= 0.6 is 0 Å². The number of piperidine rings is 1. The molecule has 2 N–H and O–H groups in total. The van der Waals surface area contributed by atoms with Gasteiger partial charge in [-0.05, 0) is 69.8 Å². The number of rotatable bonds is 7. The molecule has 3 heterocycles. The van der Waals surface area contributed by atoms with Gasteiger partial charge in [0.1, 0.15) is 6.04 Å².